The second-order valence-corrected chi connectivity index (χ2v) is 7.23. The van der Waals surface area contributed by atoms with Crippen molar-refractivity contribution in [1.29, 1.82) is 0 Å². The predicted molar refractivity (Wildman–Crippen MR) is 82.0 cm³/mol. The van der Waals surface area contributed by atoms with E-state index in [0.29, 0.717) is 5.84 Å². The second-order valence-electron chi connectivity index (χ2n) is 5.81. The second kappa shape index (κ2) is 6.68. The molecule has 0 radical (unpaired) electrons. The molecule has 0 aliphatic heterocycles. The van der Waals surface area contributed by atoms with E-state index in [4.69, 9.17) is 0 Å². The Morgan fingerprint density at radius 1 is 1.35 bits per heavy atom. The summed E-state index contributed by atoms with van der Waals surface area (Å²) in [6.45, 7) is 1.44. The maximum Gasteiger partial charge on any atom is 0.433 e. The Hall–Kier alpha value is -1.28. The van der Waals surface area contributed by atoms with Crippen LogP contribution in [0.15, 0.2) is 22.0 Å². The van der Waals surface area contributed by atoms with E-state index in [1.165, 1.54) is 13.0 Å². The molecule has 1 aliphatic carbocycles. The number of alkyl halides is 3. The number of benzene rings is 1. The molecule has 0 N–H and O–H groups in total. The van der Waals surface area contributed by atoms with Crippen molar-refractivity contribution >= 4 is 22.7 Å². The van der Waals surface area contributed by atoms with Crippen LogP contribution >= 0.6 is 0 Å². The van der Waals surface area contributed by atoms with Crippen LogP contribution in [0.2, 0.25) is 0 Å². The molecule has 2 rings (SSSR count). The number of aryl methyl sites for hydroxylation is 1. The van der Waals surface area contributed by atoms with Crippen molar-refractivity contribution in [3.8, 4) is 0 Å². The van der Waals surface area contributed by atoms with Gasteiger partial charge in [-0.15, -0.1) is 0 Å². The molecule has 1 fully saturated rings. The predicted octanol–water partition coefficient (Wildman–Crippen LogP) is 3.81. The van der Waals surface area contributed by atoms with Crippen LogP contribution in [0, 0.1) is 18.7 Å². The largest absolute Gasteiger partial charge is 0.611 e. The van der Waals surface area contributed by atoms with E-state index >= 15 is 0 Å². The molecule has 1 unspecified atom stereocenters. The number of amidine groups is 1. The Balaban J connectivity index is 2.38. The summed E-state index contributed by atoms with van der Waals surface area (Å²) in [5, 5.41) is 0. The summed E-state index contributed by atoms with van der Waals surface area (Å²) in [5.41, 5.74) is 0.151. The molecule has 128 valence electrons. The highest BCUT2D eigenvalue weighted by Gasteiger charge is 2.36. The molecule has 0 saturated heterocycles. The molecule has 0 aromatic heterocycles. The molecule has 1 aromatic rings. The minimum atomic E-state index is -4.54. The van der Waals surface area contributed by atoms with Gasteiger partial charge in [-0.2, -0.15) is 13.2 Å². The lowest BCUT2D eigenvalue weighted by Gasteiger charge is -2.17. The van der Waals surface area contributed by atoms with Crippen molar-refractivity contribution in [2.24, 2.45) is 10.9 Å². The van der Waals surface area contributed by atoms with E-state index < -0.39 is 28.9 Å². The zero-order valence-corrected chi connectivity index (χ0v) is 13.9. The molecule has 8 heteroatoms. The lowest BCUT2D eigenvalue weighted by atomic mass is 10.2. The summed E-state index contributed by atoms with van der Waals surface area (Å²) in [6, 6.07) is 2.25. The molecule has 1 saturated carbocycles. The van der Waals surface area contributed by atoms with Gasteiger partial charge in [0.1, 0.15) is 17.3 Å². The first-order valence-electron chi connectivity index (χ1n) is 7.09. The van der Waals surface area contributed by atoms with Crippen LogP contribution in [-0.4, -0.2) is 41.3 Å². The topological polar surface area (TPSA) is 38.7 Å². The molecular weight excluding hydrogens is 332 g/mol. The molecule has 1 aliphatic rings. The average Bonchev–Trinajstić information content (AvgIpc) is 3.19. The third-order valence-electron chi connectivity index (χ3n) is 3.42. The smallest absolute Gasteiger partial charge is 0.433 e. The quantitative estimate of drug-likeness (QED) is 0.358. The van der Waals surface area contributed by atoms with Gasteiger partial charge in [0.05, 0.1) is 0 Å². The summed E-state index contributed by atoms with van der Waals surface area (Å²) < 4.78 is 63.3. The van der Waals surface area contributed by atoms with Crippen LogP contribution in [0.5, 0.6) is 0 Å². The number of aliphatic imine (C=N–C) groups is 1. The Kier molecular flexibility index (Phi) is 5.25. The van der Waals surface area contributed by atoms with Crippen molar-refractivity contribution in [2.75, 3.05) is 19.8 Å². The van der Waals surface area contributed by atoms with E-state index in [1.807, 2.05) is 0 Å². The van der Waals surface area contributed by atoms with Gasteiger partial charge in [-0.3, -0.25) is 0 Å². The number of halogens is 4. The zero-order chi connectivity index (χ0) is 17.4. The average molecular weight is 350 g/mol. The first-order chi connectivity index (χ1) is 10.6. The first-order valence-corrected chi connectivity index (χ1v) is 8.41. The molecule has 0 heterocycles. The third-order valence-corrected chi connectivity index (χ3v) is 4.94. The lowest BCUT2D eigenvalue weighted by Crippen LogP contribution is -2.24. The van der Waals surface area contributed by atoms with Gasteiger partial charge in [0, 0.05) is 31.6 Å². The van der Waals surface area contributed by atoms with Crippen LogP contribution < -0.4 is 0 Å². The number of hydrogen-bond donors (Lipinski definition) is 0. The van der Waals surface area contributed by atoms with Gasteiger partial charge in [0.25, 0.3) is 0 Å². The molecular formula is C15H18F4N2OS. The molecule has 1 aromatic carbocycles. The van der Waals surface area contributed by atoms with E-state index in [9.17, 15) is 22.1 Å². The molecule has 1 atom stereocenters. The molecule has 23 heavy (non-hydrogen) atoms. The maximum atomic E-state index is 14.1. The van der Waals surface area contributed by atoms with Crippen LogP contribution in [0.1, 0.15) is 18.4 Å². The monoisotopic (exact) mass is 350 g/mol. The Labute approximate surface area is 135 Å². The Morgan fingerprint density at radius 3 is 2.43 bits per heavy atom. The van der Waals surface area contributed by atoms with Crippen molar-refractivity contribution in [2.45, 2.75) is 30.8 Å². The summed E-state index contributed by atoms with van der Waals surface area (Å²) in [6.07, 6.45) is -2.63. The van der Waals surface area contributed by atoms with Crippen LogP contribution in [0.3, 0.4) is 0 Å². The van der Waals surface area contributed by atoms with E-state index in [-0.39, 0.29) is 22.1 Å². The molecule has 0 bridgehead atoms. The minimum Gasteiger partial charge on any atom is -0.611 e. The number of hydrogen-bond acceptors (Lipinski definition) is 2. The van der Waals surface area contributed by atoms with Gasteiger partial charge in [-0.25, -0.2) is 9.38 Å². The number of rotatable bonds is 4. The standard InChI is InChI=1S/C15H18F4N2OS/c1-9-6-11(16)12(20-14(21(2)3)10-4-5-10)7-13(9)23(22)8-15(17,18)19/h6-7,10H,4-5,8H2,1-3H3/b20-14-. The van der Waals surface area contributed by atoms with Gasteiger partial charge in [0.15, 0.2) is 4.90 Å². The minimum absolute atomic E-state index is 0.0311. The van der Waals surface area contributed by atoms with Crippen molar-refractivity contribution in [3.63, 3.8) is 0 Å². The third kappa shape index (κ3) is 4.84. The summed E-state index contributed by atoms with van der Waals surface area (Å²) in [4.78, 5) is 5.99. The van der Waals surface area contributed by atoms with Gasteiger partial charge in [0.2, 0.25) is 5.75 Å². The summed E-state index contributed by atoms with van der Waals surface area (Å²) in [5.74, 6) is -1.16. The Morgan fingerprint density at radius 2 is 1.96 bits per heavy atom. The SMILES string of the molecule is Cc1cc(F)c(/N=C(/C2CC2)N(C)C)cc1[S+]([O-])CC(F)(F)F. The molecule has 0 spiro atoms. The summed E-state index contributed by atoms with van der Waals surface area (Å²) >= 11 is -2.28. The van der Waals surface area contributed by atoms with E-state index in [0.717, 1.165) is 18.9 Å². The number of nitrogens with zero attached hydrogens (tertiary/aromatic N) is 2. The van der Waals surface area contributed by atoms with Gasteiger partial charge in [-0.1, -0.05) is 0 Å². The molecule has 0 amide bonds. The van der Waals surface area contributed by atoms with Crippen LogP contribution in [0.4, 0.5) is 23.2 Å². The summed E-state index contributed by atoms with van der Waals surface area (Å²) in [7, 11) is 3.57. The zero-order valence-electron chi connectivity index (χ0n) is 13.1. The van der Waals surface area contributed by atoms with Crippen LogP contribution in [0.25, 0.3) is 0 Å². The fraction of sp³-hybridized carbons (Fsp3) is 0.533. The highest BCUT2D eigenvalue weighted by Crippen LogP contribution is 2.35. The van der Waals surface area contributed by atoms with Gasteiger partial charge >= 0.3 is 6.18 Å². The highest BCUT2D eigenvalue weighted by atomic mass is 32.2. The van der Waals surface area contributed by atoms with Crippen molar-refractivity contribution < 1.29 is 22.1 Å². The van der Waals surface area contributed by atoms with E-state index in [1.54, 1.807) is 19.0 Å². The fourth-order valence-corrected chi connectivity index (χ4v) is 3.33. The normalized spacial score (nSPS) is 17.3. The fourth-order valence-electron chi connectivity index (χ4n) is 2.22. The lowest BCUT2D eigenvalue weighted by molar-refractivity contribution is -0.106. The Bertz CT molecular complexity index is 608. The first kappa shape index (κ1) is 18.1. The van der Waals surface area contributed by atoms with Gasteiger partial charge in [-0.05, 0) is 37.0 Å². The molecule has 3 nitrogen and oxygen atoms in total. The highest BCUT2D eigenvalue weighted by molar-refractivity contribution is 7.91. The van der Waals surface area contributed by atoms with Crippen molar-refractivity contribution in [1.82, 2.24) is 4.90 Å². The van der Waals surface area contributed by atoms with Gasteiger partial charge < -0.3 is 9.45 Å². The van der Waals surface area contributed by atoms with Crippen LogP contribution in [-0.2, 0) is 11.2 Å². The maximum absolute atomic E-state index is 14.1. The van der Waals surface area contributed by atoms with Crippen molar-refractivity contribution in [3.05, 3.63) is 23.5 Å². The van der Waals surface area contributed by atoms with E-state index in [2.05, 4.69) is 4.99 Å².